The molecule has 3 heteroatoms. The van der Waals surface area contributed by atoms with E-state index in [1.54, 1.807) is 25.2 Å². The highest BCUT2D eigenvalue weighted by atomic mass is 32.1. The van der Waals surface area contributed by atoms with Gasteiger partial charge in [0, 0.05) is 5.56 Å². The highest BCUT2D eigenvalue weighted by molar-refractivity contribution is 7.15. The van der Waals surface area contributed by atoms with E-state index in [9.17, 15) is 5.11 Å². The summed E-state index contributed by atoms with van der Waals surface area (Å²) < 4.78 is 0. The van der Waals surface area contributed by atoms with E-state index in [2.05, 4.69) is 50.0 Å². The molecule has 0 atom stereocenters. The van der Waals surface area contributed by atoms with Crippen molar-refractivity contribution in [2.75, 3.05) is 0 Å². The number of benzene rings is 1. The summed E-state index contributed by atoms with van der Waals surface area (Å²) in [6.07, 6.45) is 0. The van der Waals surface area contributed by atoms with E-state index in [1.807, 2.05) is 6.92 Å². The second kappa shape index (κ2) is 4.97. The Morgan fingerprint density at radius 2 is 1.55 bits per heavy atom. The number of hydrogen-bond acceptors (Lipinski definition) is 3. The van der Waals surface area contributed by atoms with Crippen LogP contribution in [0.3, 0.4) is 0 Å². The zero-order valence-corrected chi connectivity index (χ0v) is 13.9. The van der Waals surface area contributed by atoms with E-state index in [0.29, 0.717) is 0 Å². The largest absolute Gasteiger partial charge is 0.385 e. The van der Waals surface area contributed by atoms with Crippen molar-refractivity contribution < 1.29 is 5.11 Å². The molecule has 1 aromatic heterocycles. The van der Waals surface area contributed by atoms with Gasteiger partial charge in [0.15, 0.2) is 0 Å². The molecular formula is C17H23NOS. The van der Waals surface area contributed by atoms with Crippen LogP contribution in [0.15, 0.2) is 24.3 Å². The van der Waals surface area contributed by atoms with Crippen LogP contribution >= 0.6 is 11.3 Å². The lowest BCUT2D eigenvalue weighted by molar-refractivity contribution is 0.0817. The summed E-state index contributed by atoms with van der Waals surface area (Å²) in [7, 11) is 0. The Bertz CT molecular complexity index is 597. The van der Waals surface area contributed by atoms with Gasteiger partial charge in [-0.3, -0.25) is 0 Å². The molecule has 108 valence electrons. The molecule has 0 radical (unpaired) electrons. The fourth-order valence-corrected chi connectivity index (χ4v) is 3.27. The second-order valence-corrected chi connectivity index (χ2v) is 7.82. The number of nitrogens with zero attached hydrogens (tertiary/aromatic N) is 1. The van der Waals surface area contributed by atoms with Crippen molar-refractivity contribution in [2.24, 2.45) is 0 Å². The summed E-state index contributed by atoms with van der Waals surface area (Å²) in [5.41, 5.74) is 2.68. The Morgan fingerprint density at radius 3 is 1.95 bits per heavy atom. The smallest absolute Gasteiger partial charge is 0.123 e. The van der Waals surface area contributed by atoms with E-state index in [1.165, 1.54) is 5.56 Å². The minimum atomic E-state index is -0.828. The van der Waals surface area contributed by atoms with Gasteiger partial charge in [0.2, 0.25) is 0 Å². The fraction of sp³-hybridized carbons (Fsp3) is 0.471. The monoisotopic (exact) mass is 289 g/mol. The maximum Gasteiger partial charge on any atom is 0.123 e. The summed E-state index contributed by atoms with van der Waals surface area (Å²) >= 11 is 1.57. The molecule has 0 amide bonds. The van der Waals surface area contributed by atoms with Crippen LogP contribution in [-0.4, -0.2) is 10.1 Å². The molecule has 0 aliphatic rings. The summed E-state index contributed by atoms with van der Waals surface area (Å²) in [6.45, 7) is 12.2. The number of aromatic nitrogens is 1. The predicted molar refractivity (Wildman–Crippen MR) is 86.2 cm³/mol. The first-order chi connectivity index (χ1) is 9.09. The highest BCUT2D eigenvalue weighted by Crippen LogP contribution is 2.35. The quantitative estimate of drug-likeness (QED) is 0.873. The van der Waals surface area contributed by atoms with E-state index >= 15 is 0 Å². The van der Waals surface area contributed by atoms with Crippen molar-refractivity contribution in [1.29, 1.82) is 0 Å². The molecule has 0 bridgehead atoms. The van der Waals surface area contributed by atoms with Crippen LogP contribution in [0.25, 0.3) is 10.6 Å². The van der Waals surface area contributed by atoms with Crippen molar-refractivity contribution in [3.63, 3.8) is 0 Å². The number of aliphatic hydroxyl groups is 1. The van der Waals surface area contributed by atoms with Crippen molar-refractivity contribution in [2.45, 2.75) is 52.6 Å². The zero-order chi connectivity index (χ0) is 15.1. The van der Waals surface area contributed by atoms with E-state index in [0.717, 1.165) is 21.1 Å². The van der Waals surface area contributed by atoms with Crippen LogP contribution in [-0.2, 0) is 11.0 Å². The molecule has 20 heavy (non-hydrogen) atoms. The third kappa shape index (κ3) is 3.10. The van der Waals surface area contributed by atoms with Crippen LogP contribution in [0.4, 0.5) is 0 Å². The Kier molecular flexibility index (Phi) is 3.78. The molecular weight excluding hydrogens is 266 g/mol. The number of thiazole rings is 1. The number of hydrogen-bond donors (Lipinski definition) is 1. The Balaban J connectivity index is 2.38. The van der Waals surface area contributed by atoms with E-state index < -0.39 is 5.60 Å². The molecule has 0 saturated carbocycles. The third-order valence-electron chi connectivity index (χ3n) is 3.35. The summed E-state index contributed by atoms with van der Waals surface area (Å²) in [4.78, 5) is 5.54. The van der Waals surface area contributed by atoms with Crippen molar-refractivity contribution in [3.8, 4) is 10.6 Å². The predicted octanol–water partition coefficient (Wildman–Crippen LogP) is 4.64. The van der Waals surface area contributed by atoms with Gasteiger partial charge >= 0.3 is 0 Å². The van der Waals surface area contributed by atoms with Gasteiger partial charge in [-0.1, -0.05) is 45.0 Å². The molecule has 0 aliphatic carbocycles. The first-order valence-corrected chi connectivity index (χ1v) is 7.72. The molecule has 0 saturated heterocycles. The minimum Gasteiger partial charge on any atom is -0.385 e. The van der Waals surface area contributed by atoms with E-state index in [4.69, 9.17) is 0 Å². The maximum atomic E-state index is 10.2. The van der Waals surface area contributed by atoms with Crippen molar-refractivity contribution in [3.05, 3.63) is 40.4 Å². The highest BCUT2D eigenvalue weighted by Gasteiger charge is 2.23. The van der Waals surface area contributed by atoms with Crippen LogP contribution in [0.2, 0.25) is 0 Å². The Hall–Kier alpha value is -1.19. The minimum absolute atomic E-state index is 0.162. The van der Waals surface area contributed by atoms with Crippen molar-refractivity contribution >= 4 is 11.3 Å². The van der Waals surface area contributed by atoms with Crippen LogP contribution in [0, 0.1) is 6.92 Å². The van der Waals surface area contributed by atoms with Gasteiger partial charge in [0.1, 0.15) is 5.01 Å². The lowest BCUT2D eigenvalue weighted by Gasteiger charge is -2.18. The summed E-state index contributed by atoms with van der Waals surface area (Å²) in [5.74, 6) is 0. The fourth-order valence-electron chi connectivity index (χ4n) is 2.20. The first kappa shape index (κ1) is 15.2. The SMILES string of the molecule is Cc1nc(-c2ccc(C(C)(C)C)cc2)sc1C(C)(C)O. The number of aryl methyl sites for hydroxylation is 1. The maximum absolute atomic E-state index is 10.2. The molecule has 1 heterocycles. The molecule has 1 N–H and O–H groups in total. The molecule has 2 nitrogen and oxygen atoms in total. The van der Waals surface area contributed by atoms with Gasteiger partial charge in [-0.2, -0.15) is 0 Å². The average molecular weight is 289 g/mol. The van der Waals surface area contributed by atoms with E-state index in [-0.39, 0.29) is 5.41 Å². The standard InChI is InChI=1S/C17H23NOS/c1-11-14(17(5,6)19)20-15(18-11)12-7-9-13(10-8-12)16(2,3)4/h7-10,19H,1-6H3. The van der Waals surface area contributed by atoms with Gasteiger partial charge in [-0.25, -0.2) is 4.98 Å². The Labute approximate surface area is 125 Å². The van der Waals surface area contributed by atoms with Gasteiger partial charge in [-0.15, -0.1) is 11.3 Å². The van der Waals surface area contributed by atoms with Gasteiger partial charge in [0.05, 0.1) is 16.2 Å². The third-order valence-corrected chi connectivity index (χ3v) is 4.87. The van der Waals surface area contributed by atoms with Gasteiger partial charge in [-0.05, 0) is 31.7 Å². The second-order valence-electron chi connectivity index (χ2n) is 6.82. The van der Waals surface area contributed by atoms with Gasteiger partial charge in [0.25, 0.3) is 0 Å². The normalized spacial score (nSPS) is 12.8. The van der Waals surface area contributed by atoms with Crippen molar-refractivity contribution in [1.82, 2.24) is 4.98 Å². The topological polar surface area (TPSA) is 33.1 Å². The van der Waals surface area contributed by atoms with Gasteiger partial charge < -0.3 is 5.11 Å². The molecule has 0 fully saturated rings. The lowest BCUT2D eigenvalue weighted by atomic mass is 9.87. The van der Waals surface area contributed by atoms with Crippen LogP contribution in [0.5, 0.6) is 0 Å². The molecule has 0 unspecified atom stereocenters. The summed E-state index contributed by atoms with van der Waals surface area (Å²) in [6, 6.07) is 8.56. The summed E-state index contributed by atoms with van der Waals surface area (Å²) in [5, 5.41) is 11.1. The van der Waals surface area contributed by atoms with Crippen LogP contribution in [0.1, 0.15) is 50.8 Å². The molecule has 2 rings (SSSR count). The van der Waals surface area contributed by atoms with Crippen LogP contribution < -0.4 is 0 Å². The Morgan fingerprint density at radius 1 is 1.00 bits per heavy atom. The molecule has 0 aliphatic heterocycles. The lowest BCUT2D eigenvalue weighted by Crippen LogP contribution is -2.14. The molecule has 2 aromatic rings. The number of rotatable bonds is 2. The average Bonchev–Trinajstić information content (AvgIpc) is 2.70. The molecule has 0 spiro atoms. The zero-order valence-electron chi connectivity index (χ0n) is 13.1. The first-order valence-electron chi connectivity index (χ1n) is 6.90. The molecule has 1 aromatic carbocycles.